The van der Waals surface area contributed by atoms with Crippen molar-refractivity contribution in [3.8, 4) is 0 Å². The number of ether oxygens (including phenoxy) is 1. The molecule has 7 heteroatoms. The molecule has 0 unspecified atom stereocenters. The lowest BCUT2D eigenvalue weighted by Crippen LogP contribution is -2.21. The Morgan fingerprint density at radius 3 is 1.93 bits per heavy atom. The van der Waals surface area contributed by atoms with Crippen molar-refractivity contribution in [2.75, 3.05) is 7.11 Å². The van der Waals surface area contributed by atoms with E-state index in [1.807, 2.05) is 6.07 Å². The number of rotatable bonds is 1. The number of hydrogen-bond acceptors (Lipinski definition) is 4. The topological polar surface area (TPSA) is 112 Å². The summed E-state index contributed by atoms with van der Waals surface area (Å²) < 4.78 is 22.9. The molecule has 15 heavy (non-hydrogen) atoms. The van der Waals surface area contributed by atoms with Crippen molar-refractivity contribution in [1.29, 1.82) is 0 Å². The molecule has 0 saturated carbocycles. The van der Waals surface area contributed by atoms with Crippen molar-refractivity contribution < 1.29 is 17.9 Å². The van der Waals surface area contributed by atoms with E-state index < -0.39 is 10.2 Å². The molecule has 0 fully saturated rings. The molecule has 0 aliphatic carbocycles. The van der Waals surface area contributed by atoms with Crippen LogP contribution in [0.15, 0.2) is 30.3 Å². The van der Waals surface area contributed by atoms with Crippen LogP contribution in [0.25, 0.3) is 0 Å². The SMILES string of the molecule is COC(=O)c1ccccc1.NS(N)(=O)=O. The largest absolute Gasteiger partial charge is 0.465 e. The van der Waals surface area contributed by atoms with Gasteiger partial charge in [-0.25, -0.2) is 15.1 Å². The van der Waals surface area contributed by atoms with Crippen molar-refractivity contribution in [2.45, 2.75) is 0 Å². The normalized spacial score (nSPS) is 9.80. The third-order valence-electron chi connectivity index (χ3n) is 1.19. The summed E-state index contributed by atoms with van der Waals surface area (Å²) in [6.45, 7) is 0. The van der Waals surface area contributed by atoms with Crippen molar-refractivity contribution in [1.82, 2.24) is 0 Å². The number of esters is 1. The van der Waals surface area contributed by atoms with Gasteiger partial charge in [-0.05, 0) is 12.1 Å². The number of benzene rings is 1. The average molecular weight is 232 g/mol. The van der Waals surface area contributed by atoms with E-state index in [0.29, 0.717) is 5.56 Å². The highest BCUT2D eigenvalue weighted by molar-refractivity contribution is 7.86. The second kappa shape index (κ2) is 6.12. The first-order chi connectivity index (χ1) is 6.84. The summed E-state index contributed by atoms with van der Waals surface area (Å²) in [5, 5.41) is 8.21. The van der Waals surface area contributed by atoms with E-state index in [0.717, 1.165) is 0 Å². The number of nitrogens with two attached hydrogens (primary N) is 2. The Labute approximate surface area is 88.0 Å². The highest BCUT2D eigenvalue weighted by Crippen LogP contribution is 1.98. The van der Waals surface area contributed by atoms with Gasteiger partial charge in [0.15, 0.2) is 0 Å². The predicted octanol–water partition coefficient (Wildman–Crippen LogP) is -0.378. The third-order valence-corrected chi connectivity index (χ3v) is 1.19. The van der Waals surface area contributed by atoms with E-state index in [9.17, 15) is 13.2 Å². The van der Waals surface area contributed by atoms with Crippen LogP contribution in [0.4, 0.5) is 0 Å². The fraction of sp³-hybridized carbons (Fsp3) is 0.125. The molecule has 0 aliphatic rings. The van der Waals surface area contributed by atoms with Crippen LogP contribution in [0, 0.1) is 0 Å². The molecule has 0 spiro atoms. The zero-order valence-corrected chi connectivity index (χ0v) is 8.90. The first-order valence-corrected chi connectivity index (χ1v) is 5.39. The Bertz CT molecular complexity index is 394. The predicted molar refractivity (Wildman–Crippen MR) is 55.1 cm³/mol. The molecule has 84 valence electrons. The Balaban J connectivity index is 0.000000336. The highest BCUT2D eigenvalue weighted by Gasteiger charge is 2.00. The van der Waals surface area contributed by atoms with Gasteiger partial charge in [-0.15, -0.1) is 0 Å². The lowest BCUT2D eigenvalue weighted by molar-refractivity contribution is 0.0600. The minimum atomic E-state index is -3.67. The zero-order chi connectivity index (χ0) is 11.9. The molecule has 4 N–H and O–H groups in total. The zero-order valence-electron chi connectivity index (χ0n) is 8.08. The average Bonchev–Trinajstić information content (AvgIpc) is 2.15. The van der Waals surface area contributed by atoms with Crippen molar-refractivity contribution in [3.63, 3.8) is 0 Å². The van der Waals surface area contributed by atoms with Gasteiger partial charge in [0.05, 0.1) is 12.7 Å². The molecule has 0 aliphatic heterocycles. The van der Waals surface area contributed by atoms with E-state index >= 15 is 0 Å². The Hall–Kier alpha value is -1.44. The van der Waals surface area contributed by atoms with Crippen LogP contribution in [0.3, 0.4) is 0 Å². The van der Waals surface area contributed by atoms with Gasteiger partial charge < -0.3 is 4.74 Å². The molecule has 1 rings (SSSR count). The molecule has 0 bridgehead atoms. The maximum atomic E-state index is 10.8. The summed E-state index contributed by atoms with van der Waals surface area (Å²) in [5.74, 6) is -0.291. The quantitative estimate of drug-likeness (QED) is 0.642. The summed E-state index contributed by atoms with van der Waals surface area (Å²) in [6, 6.07) is 8.88. The standard InChI is InChI=1S/C8H8O2.H4N2O2S/c1-10-8(9)7-5-3-2-4-6-7;1-5(2,3)4/h2-6H,1H3;(H4,1,2,3,4). The minimum absolute atomic E-state index is 0.291. The van der Waals surface area contributed by atoms with Gasteiger partial charge >= 0.3 is 5.97 Å². The van der Waals surface area contributed by atoms with Gasteiger partial charge in [0.1, 0.15) is 0 Å². The Kier molecular flexibility index (Phi) is 5.53. The van der Waals surface area contributed by atoms with Crippen LogP contribution in [0.2, 0.25) is 0 Å². The summed E-state index contributed by atoms with van der Waals surface area (Å²) >= 11 is 0. The lowest BCUT2D eigenvalue weighted by Gasteiger charge is -1.95. The monoisotopic (exact) mass is 232 g/mol. The van der Waals surface area contributed by atoms with E-state index in [-0.39, 0.29) is 5.97 Å². The maximum absolute atomic E-state index is 10.8. The molecule has 6 nitrogen and oxygen atoms in total. The third kappa shape index (κ3) is 8.88. The molecule has 1 aromatic rings. The van der Waals surface area contributed by atoms with E-state index in [4.69, 9.17) is 0 Å². The molecule has 0 atom stereocenters. The first kappa shape index (κ1) is 13.6. The Morgan fingerprint density at radius 1 is 1.20 bits per heavy atom. The number of hydrogen-bond donors (Lipinski definition) is 2. The second-order valence-electron chi connectivity index (χ2n) is 2.45. The van der Waals surface area contributed by atoms with Gasteiger partial charge in [-0.3, -0.25) is 0 Å². The van der Waals surface area contributed by atoms with Gasteiger partial charge in [0.25, 0.3) is 10.2 Å². The Morgan fingerprint density at radius 2 is 1.60 bits per heavy atom. The maximum Gasteiger partial charge on any atom is 0.337 e. The minimum Gasteiger partial charge on any atom is -0.465 e. The van der Waals surface area contributed by atoms with Crippen molar-refractivity contribution >= 4 is 16.2 Å². The molecule has 0 radical (unpaired) electrons. The van der Waals surface area contributed by atoms with Gasteiger partial charge in [-0.2, -0.15) is 8.42 Å². The number of methoxy groups -OCH3 is 1. The summed E-state index contributed by atoms with van der Waals surface area (Å²) in [6.07, 6.45) is 0. The van der Waals surface area contributed by atoms with E-state index in [1.165, 1.54) is 7.11 Å². The second-order valence-corrected chi connectivity index (χ2v) is 3.62. The molecule has 0 amide bonds. The summed E-state index contributed by atoms with van der Waals surface area (Å²) in [4.78, 5) is 10.8. The fourth-order valence-electron chi connectivity index (χ4n) is 0.692. The van der Waals surface area contributed by atoms with Crippen LogP contribution in [0.1, 0.15) is 10.4 Å². The molecule has 1 aromatic carbocycles. The van der Waals surface area contributed by atoms with E-state index in [1.54, 1.807) is 24.3 Å². The highest BCUT2D eigenvalue weighted by atomic mass is 32.2. The van der Waals surface area contributed by atoms with Crippen molar-refractivity contribution in [3.05, 3.63) is 35.9 Å². The number of carbonyl (C=O) groups excluding carboxylic acids is 1. The van der Waals surface area contributed by atoms with Crippen LogP contribution < -0.4 is 10.3 Å². The smallest absolute Gasteiger partial charge is 0.337 e. The van der Waals surface area contributed by atoms with Crippen LogP contribution in [-0.2, 0) is 14.9 Å². The fourth-order valence-corrected chi connectivity index (χ4v) is 0.692. The summed E-state index contributed by atoms with van der Waals surface area (Å²) in [5.41, 5.74) is 0.588. The van der Waals surface area contributed by atoms with Crippen LogP contribution >= 0.6 is 0 Å². The van der Waals surface area contributed by atoms with Crippen LogP contribution in [-0.4, -0.2) is 21.5 Å². The molecular formula is C8H12N2O4S. The van der Waals surface area contributed by atoms with Gasteiger partial charge in [-0.1, -0.05) is 18.2 Å². The molecule has 0 heterocycles. The molecule has 0 aromatic heterocycles. The summed E-state index contributed by atoms with van der Waals surface area (Å²) in [7, 11) is -2.30. The lowest BCUT2D eigenvalue weighted by atomic mass is 10.2. The molecular weight excluding hydrogens is 220 g/mol. The first-order valence-electron chi connectivity index (χ1n) is 3.78. The van der Waals surface area contributed by atoms with E-state index in [2.05, 4.69) is 15.0 Å². The van der Waals surface area contributed by atoms with Crippen molar-refractivity contribution in [2.24, 2.45) is 10.3 Å². The van der Waals surface area contributed by atoms with Gasteiger partial charge in [0, 0.05) is 0 Å². The molecule has 0 saturated heterocycles. The number of carbonyl (C=O) groups is 1. The van der Waals surface area contributed by atoms with Crippen LogP contribution in [0.5, 0.6) is 0 Å². The van der Waals surface area contributed by atoms with Gasteiger partial charge in [0.2, 0.25) is 0 Å².